The summed E-state index contributed by atoms with van der Waals surface area (Å²) in [7, 11) is 0. The third-order valence-electron chi connectivity index (χ3n) is 4.59. The third-order valence-corrected chi connectivity index (χ3v) is 4.59. The molecule has 1 aliphatic rings. The Morgan fingerprint density at radius 1 is 1.12 bits per heavy atom. The van der Waals surface area contributed by atoms with Crippen LogP contribution in [0.1, 0.15) is 38.2 Å². The fraction of sp³-hybridized carbons (Fsp3) is 0.500. The molecule has 1 heterocycles. The molecule has 3 N–H and O–H groups in total. The largest absolute Gasteiger partial charge is 0.384 e. The van der Waals surface area contributed by atoms with Crippen molar-refractivity contribution in [3.8, 4) is 0 Å². The number of aliphatic hydroxyl groups is 2. The second kappa shape index (κ2) is 8.90. The van der Waals surface area contributed by atoms with Gasteiger partial charge in [0.2, 0.25) is 0 Å². The molecule has 1 aromatic carbocycles. The number of rotatable bonds is 9. The van der Waals surface area contributed by atoms with E-state index in [9.17, 15) is 10.2 Å². The minimum Gasteiger partial charge on any atom is -0.384 e. The molecular formula is C20H30N2O2. The van der Waals surface area contributed by atoms with Crippen LogP contribution in [0.5, 0.6) is 0 Å². The summed E-state index contributed by atoms with van der Waals surface area (Å²) in [6.07, 6.45) is 3.53. The lowest BCUT2D eigenvalue weighted by Crippen LogP contribution is -2.37. The first-order valence-electron chi connectivity index (χ1n) is 8.87. The van der Waals surface area contributed by atoms with Crippen LogP contribution in [0.4, 0.5) is 5.69 Å². The number of aryl methyl sites for hydroxylation is 1. The highest BCUT2D eigenvalue weighted by atomic mass is 16.3. The Morgan fingerprint density at radius 3 is 2.33 bits per heavy atom. The van der Waals surface area contributed by atoms with Crippen molar-refractivity contribution in [2.75, 3.05) is 18.4 Å². The van der Waals surface area contributed by atoms with Gasteiger partial charge in [-0.3, -0.25) is 0 Å². The molecule has 0 amide bonds. The van der Waals surface area contributed by atoms with Crippen LogP contribution < -0.4 is 5.32 Å². The first-order chi connectivity index (χ1) is 11.5. The molecule has 0 spiro atoms. The zero-order valence-corrected chi connectivity index (χ0v) is 14.7. The van der Waals surface area contributed by atoms with Gasteiger partial charge in [0.25, 0.3) is 0 Å². The summed E-state index contributed by atoms with van der Waals surface area (Å²) < 4.78 is 0. The van der Waals surface area contributed by atoms with Crippen molar-refractivity contribution >= 4 is 5.69 Å². The summed E-state index contributed by atoms with van der Waals surface area (Å²) in [4.78, 5) is 2.03. The molecule has 0 aromatic heterocycles. The zero-order chi connectivity index (χ0) is 17.5. The van der Waals surface area contributed by atoms with Crippen molar-refractivity contribution in [2.45, 2.75) is 51.2 Å². The van der Waals surface area contributed by atoms with Gasteiger partial charge in [0.15, 0.2) is 0 Å². The lowest BCUT2D eigenvalue weighted by Gasteiger charge is -2.28. The predicted octanol–water partition coefficient (Wildman–Crippen LogP) is 3.29. The van der Waals surface area contributed by atoms with E-state index in [4.69, 9.17) is 0 Å². The Bertz CT molecular complexity index is 547. The summed E-state index contributed by atoms with van der Waals surface area (Å²) in [6.45, 7) is 11.8. The molecule has 1 aromatic rings. The van der Waals surface area contributed by atoms with E-state index in [1.165, 1.54) is 18.4 Å². The van der Waals surface area contributed by atoms with Gasteiger partial charge in [-0.1, -0.05) is 38.6 Å². The van der Waals surface area contributed by atoms with Crippen molar-refractivity contribution < 1.29 is 10.2 Å². The second-order valence-electron chi connectivity index (χ2n) is 6.53. The average Bonchev–Trinajstić information content (AvgIpc) is 3.13. The average molecular weight is 330 g/mol. The van der Waals surface area contributed by atoms with E-state index in [1.807, 2.05) is 17.0 Å². The molecule has 0 bridgehead atoms. The Hall–Kier alpha value is -1.78. The summed E-state index contributed by atoms with van der Waals surface area (Å²) in [5.41, 5.74) is 3.11. The number of unbranched alkanes of at least 4 members (excludes halogenated alkanes) is 1. The summed E-state index contributed by atoms with van der Waals surface area (Å²) in [5.74, 6) is 0. The van der Waals surface area contributed by atoms with Gasteiger partial charge in [-0.2, -0.15) is 0 Å². The lowest BCUT2D eigenvalue weighted by atomic mass is 10.1. The van der Waals surface area contributed by atoms with E-state index in [0.717, 1.165) is 38.0 Å². The molecule has 4 nitrogen and oxygen atoms in total. The van der Waals surface area contributed by atoms with Crippen LogP contribution in [0.2, 0.25) is 0 Å². The van der Waals surface area contributed by atoms with Gasteiger partial charge in [-0.05, 0) is 43.4 Å². The number of nitrogens with one attached hydrogen (secondary N) is 1. The summed E-state index contributed by atoms with van der Waals surface area (Å²) in [5, 5.41) is 23.8. The molecule has 0 aliphatic carbocycles. The van der Waals surface area contributed by atoms with Gasteiger partial charge < -0.3 is 20.4 Å². The predicted molar refractivity (Wildman–Crippen MR) is 99.8 cm³/mol. The maximum Gasteiger partial charge on any atom is 0.124 e. The van der Waals surface area contributed by atoms with Crippen molar-refractivity contribution in [2.24, 2.45) is 0 Å². The molecule has 4 heteroatoms. The van der Waals surface area contributed by atoms with Gasteiger partial charge >= 0.3 is 0 Å². The van der Waals surface area contributed by atoms with Crippen LogP contribution in [0.15, 0.2) is 48.8 Å². The molecule has 24 heavy (non-hydrogen) atoms. The maximum atomic E-state index is 10.3. The van der Waals surface area contributed by atoms with E-state index in [2.05, 4.69) is 37.5 Å². The normalized spacial score (nSPS) is 16.7. The van der Waals surface area contributed by atoms with Crippen LogP contribution in [-0.2, 0) is 6.42 Å². The summed E-state index contributed by atoms with van der Waals surface area (Å²) >= 11 is 0. The topological polar surface area (TPSA) is 55.7 Å². The number of aliphatic hydroxyl groups excluding tert-OH is 2. The molecule has 1 aliphatic heterocycles. The number of hydrogen-bond acceptors (Lipinski definition) is 4. The van der Waals surface area contributed by atoms with Gasteiger partial charge in [-0.15, -0.1) is 0 Å². The van der Waals surface area contributed by atoms with E-state index in [0.29, 0.717) is 11.4 Å². The van der Waals surface area contributed by atoms with Crippen LogP contribution in [0.25, 0.3) is 0 Å². The highest BCUT2D eigenvalue weighted by Gasteiger charge is 2.27. The molecule has 2 rings (SSSR count). The lowest BCUT2D eigenvalue weighted by molar-refractivity contribution is 0.0500. The minimum atomic E-state index is -1.09. The summed E-state index contributed by atoms with van der Waals surface area (Å²) in [6, 6.07) is 8.11. The van der Waals surface area contributed by atoms with Crippen LogP contribution >= 0.6 is 0 Å². The highest BCUT2D eigenvalue weighted by Crippen LogP contribution is 2.21. The number of anilines is 1. The number of benzene rings is 1. The molecule has 2 unspecified atom stereocenters. The van der Waals surface area contributed by atoms with E-state index in [1.54, 1.807) is 0 Å². The molecule has 0 saturated carbocycles. The second-order valence-corrected chi connectivity index (χ2v) is 6.53. The Kier molecular flexibility index (Phi) is 6.88. The number of hydrogen-bond donors (Lipinski definition) is 3. The fourth-order valence-corrected chi connectivity index (χ4v) is 2.96. The minimum absolute atomic E-state index is 0.379. The SMILES string of the molecule is C=C(Nc1ccc(CCCC)cc1)C(O)C(O)C(=C)N1CCCC1. The first kappa shape index (κ1) is 18.6. The molecular weight excluding hydrogens is 300 g/mol. The Morgan fingerprint density at radius 2 is 1.75 bits per heavy atom. The van der Waals surface area contributed by atoms with E-state index in [-0.39, 0.29) is 0 Å². The molecule has 2 atom stereocenters. The van der Waals surface area contributed by atoms with Crippen molar-refractivity contribution in [1.29, 1.82) is 0 Å². The zero-order valence-electron chi connectivity index (χ0n) is 14.7. The quantitative estimate of drug-likeness (QED) is 0.650. The van der Waals surface area contributed by atoms with Crippen LogP contribution in [-0.4, -0.2) is 40.4 Å². The number of likely N-dealkylation sites (tertiary alicyclic amines) is 1. The van der Waals surface area contributed by atoms with Gasteiger partial charge in [0.05, 0.1) is 0 Å². The van der Waals surface area contributed by atoms with E-state index < -0.39 is 12.2 Å². The molecule has 1 saturated heterocycles. The highest BCUT2D eigenvalue weighted by molar-refractivity contribution is 5.49. The fourth-order valence-electron chi connectivity index (χ4n) is 2.96. The monoisotopic (exact) mass is 330 g/mol. The van der Waals surface area contributed by atoms with Crippen LogP contribution in [0.3, 0.4) is 0 Å². The third kappa shape index (κ3) is 4.86. The molecule has 1 fully saturated rings. The van der Waals surface area contributed by atoms with Gasteiger partial charge in [-0.25, -0.2) is 0 Å². The van der Waals surface area contributed by atoms with Crippen molar-refractivity contribution in [3.05, 3.63) is 54.4 Å². The molecule has 132 valence electrons. The van der Waals surface area contributed by atoms with E-state index >= 15 is 0 Å². The van der Waals surface area contributed by atoms with Gasteiger partial charge in [0, 0.05) is 30.2 Å². The van der Waals surface area contributed by atoms with Gasteiger partial charge in [0.1, 0.15) is 12.2 Å². The first-order valence-corrected chi connectivity index (χ1v) is 8.87. The number of nitrogens with zero attached hydrogens (tertiary/aromatic N) is 1. The smallest absolute Gasteiger partial charge is 0.124 e. The van der Waals surface area contributed by atoms with Crippen LogP contribution in [0, 0.1) is 0 Å². The Labute approximate surface area is 145 Å². The standard InChI is InChI=1S/C20H30N2O2/c1-4-5-8-17-9-11-18(12-10-17)21-15(2)19(23)20(24)16(3)22-13-6-7-14-22/h9-12,19-21,23-24H,2-8,13-14H2,1H3. The van der Waals surface area contributed by atoms with Crippen molar-refractivity contribution in [1.82, 2.24) is 4.90 Å². The van der Waals surface area contributed by atoms with Crippen molar-refractivity contribution in [3.63, 3.8) is 0 Å². The Balaban J connectivity index is 1.89. The molecule has 0 radical (unpaired) electrons. The maximum absolute atomic E-state index is 10.3.